The highest BCUT2D eigenvalue weighted by atomic mass is 19.1. The van der Waals surface area contributed by atoms with E-state index in [-0.39, 0.29) is 18.3 Å². The molecule has 2 aromatic carbocycles. The van der Waals surface area contributed by atoms with Crippen LogP contribution in [-0.2, 0) is 11.2 Å². The molecule has 0 bridgehead atoms. The number of benzene rings is 2. The molecule has 124 valence electrons. The van der Waals surface area contributed by atoms with Gasteiger partial charge in [-0.15, -0.1) is 0 Å². The Bertz CT molecular complexity index is 790. The number of amides is 1. The normalized spacial score (nSPS) is 12.6. The summed E-state index contributed by atoms with van der Waals surface area (Å²) < 4.78 is 36.8. The van der Waals surface area contributed by atoms with Crippen LogP contribution in [0.25, 0.3) is 6.08 Å². The molecule has 2 aromatic rings. The molecule has 1 aliphatic heterocycles. The molecule has 24 heavy (non-hydrogen) atoms. The molecule has 6 heteroatoms. The third-order valence-electron chi connectivity index (χ3n) is 3.53. The molecule has 1 amide bonds. The van der Waals surface area contributed by atoms with Gasteiger partial charge in [0, 0.05) is 24.3 Å². The zero-order chi connectivity index (χ0) is 16.9. The van der Waals surface area contributed by atoms with Crippen molar-refractivity contribution in [2.24, 2.45) is 0 Å². The lowest BCUT2D eigenvalue weighted by molar-refractivity contribution is -0.116. The van der Waals surface area contributed by atoms with E-state index in [1.54, 1.807) is 0 Å². The van der Waals surface area contributed by atoms with Crippen LogP contribution in [0.3, 0.4) is 0 Å². The molecule has 1 heterocycles. The van der Waals surface area contributed by atoms with Crippen LogP contribution >= 0.6 is 0 Å². The lowest BCUT2D eigenvalue weighted by Crippen LogP contribution is -2.23. The maximum absolute atomic E-state index is 13.4. The summed E-state index contributed by atoms with van der Waals surface area (Å²) in [5.41, 5.74) is 1.16. The predicted molar refractivity (Wildman–Crippen MR) is 84.7 cm³/mol. The van der Waals surface area contributed by atoms with Crippen LogP contribution in [0, 0.1) is 11.6 Å². The van der Waals surface area contributed by atoms with Crippen LogP contribution in [0.4, 0.5) is 8.78 Å². The second-order valence-electron chi connectivity index (χ2n) is 5.23. The highest BCUT2D eigenvalue weighted by Crippen LogP contribution is 2.32. The highest BCUT2D eigenvalue weighted by Gasteiger charge is 2.12. The van der Waals surface area contributed by atoms with Crippen molar-refractivity contribution in [1.29, 1.82) is 0 Å². The molecule has 0 saturated carbocycles. The fraction of sp³-hybridized carbons (Fsp3) is 0.167. The molecule has 1 aliphatic rings. The minimum atomic E-state index is -0.709. The molecular formula is C18H15F2NO3. The number of rotatable bonds is 5. The van der Waals surface area contributed by atoms with E-state index < -0.39 is 11.6 Å². The summed E-state index contributed by atoms with van der Waals surface area (Å²) in [4.78, 5) is 11.7. The Kier molecular flexibility index (Phi) is 4.74. The van der Waals surface area contributed by atoms with Gasteiger partial charge < -0.3 is 14.8 Å². The first-order valence-electron chi connectivity index (χ1n) is 7.41. The zero-order valence-electron chi connectivity index (χ0n) is 12.7. The average Bonchev–Trinajstić information content (AvgIpc) is 3.02. The van der Waals surface area contributed by atoms with Gasteiger partial charge in [-0.25, -0.2) is 8.78 Å². The summed E-state index contributed by atoms with van der Waals surface area (Å²) in [5.74, 6) is -0.297. The Hall–Kier alpha value is -2.89. The fourth-order valence-corrected chi connectivity index (χ4v) is 2.29. The summed E-state index contributed by atoms with van der Waals surface area (Å²) in [6, 6.07) is 8.80. The molecule has 0 atom stereocenters. The molecule has 1 N–H and O–H groups in total. The largest absolute Gasteiger partial charge is 0.454 e. The summed E-state index contributed by atoms with van der Waals surface area (Å²) in [6.45, 7) is 0.648. The number of carbonyl (C=O) groups is 1. The van der Waals surface area contributed by atoms with Crippen molar-refractivity contribution in [3.63, 3.8) is 0 Å². The third kappa shape index (κ3) is 3.90. The van der Waals surface area contributed by atoms with Gasteiger partial charge in [-0.1, -0.05) is 6.07 Å². The Morgan fingerprint density at radius 3 is 2.79 bits per heavy atom. The Morgan fingerprint density at radius 2 is 1.96 bits per heavy atom. The Morgan fingerprint density at radius 1 is 1.12 bits per heavy atom. The zero-order valence-corrected chi connectivity index (χ0v) is 12.7. The van der Waals surface area contributed by atoms with Gasteiger partial charge in [0.15, 0.2) is 11.5 Å². The highest BCUT2D eigenvalue weighted by molar-refractivity contribution is 5.91. The van der Waals surface area contributed by atoms with Gasteiger partial charge >= 0.3 is 0 Å². The first-order valence-corrected chi connectivity index (χ1v) is 7.41. The molecule has 0 saturated heterocycles. The van der Waals surface area contributed by atoms with Crippen LogP contribution in [0.5, 0.6) is 11.5 Å². The van der Waals surface area contributed by atoms with Crippen molar-refractivity contribution in [2.75, 3.05) is 13.3 Å². The molecule has 0 fully saturated rings. The first kappa shape index (κ1) is 16.0. The van der Waals surface area contributed by atoms with E-state index in [1.807, 2.05) is 18.2 Å². The lowest BCUT2D eigenvalue weighted by Gasteiger charge is -2.04. The van der Waals surface area contributed by atoms with Crippen LogP contribution < -0.4 is 14.8 Å². The SMILES string of the molecule is O=C(C=Cc1ccc(F)cc1F)NCCc1ccc2c(c1)OCO2. The van der Waals surface area contributed by atoms with Crippen LogP contribution in [-0.4, -0.2) is 19.2 Å². The minimum absolute atomic E-state index is 0.155. The van der Waals surface area contributed by atoms with E-state index in [2.05, 4.69) is 5.32 Å². The molecule has 0 unspecified atom stereocenters. The van der Waals surface area contributed by atoms with Crippen LogP contribution in [0.2, 0.25) is 0 Å². The molecule has 0 aliphatic carbocycles. The predicted octanol–water partition coefficient (Wildman–Crippen LogP) is 3.07. The van der Waals surface area contributed by atoms with Crippen molar-refractivity contribution in [2.45, 2.75) is 6.42 Å². The summed E-state index contributed by atoms with van der Waals surface area (Å²) >= 11 is 0. The smallest absolute Gasteiger partial charge is 0.244 e. The van der Waals surface area contributed by atoms with E-state index in [4.69, 9.17) is 9.47 Å². The number of fused-ring (bicyclic) bond motifs is 1. The van der Waals surface area contributed by atoms with E-state index in [9.17, 15) is 13.6 Å². The molecule has 0 radical (unpaired) electrons. The van der Waals surface area contributed by atoms with Gasteiger partial charge in [0.25, 0.3) is 0 Å². The first-order chi connectivity index (χ1) is 11.6. The van der Waals surface area contributed by atoms with Crippen LogP contribution in [0.1, 0.15) is 11.1 Å². The van der Waals surface area contributed by atoms with Gasteiger partial charge in [0.05, 0.1) is 0 Å². The van der Waals surface area contributed by atoms with Crippen molar-refractivity contribution in [3.8, 4) is 11.5 Å². The number of nitrogens with one attached hydrogen (secondary N) is 1. The van der Waals surface area contributed by atoms with Gasteiger partial charge in [0.2, 0.25) is 12.7 Å². The van der Waals surface area contributed by atoms with E-state index in [0.717, 1.165) is 17.7 Å². The summed E-state index contributed by atoms with van der Waals surface area (Å²) in [7, 11) is 0. The maximum atomic E-state index is 13.4. The second-order valence-corrected chi connectivity index (χ2v) is 5.23. The molecule has 3 rings (SSSR count). The number of carbonyl (C=O) groups excluding carboxylic acids is 1. The number of hydrogen-bond donors (Lipinski definition) is 1. The van der Waals surface area contributed by atoms with Gasteiger partial charge in [-0.05, 0) is 42.3 Å². The number of halogens is 2. The molecule has 4 nitrogen and oxygen atoms in total. The topological polar surface area (TPSA) is 47.6 Å². The van der Waals surface area contributed by atoms with Crippen molar-refractivity contribution in [3.05, 3.63) is 65.2 Å². The molecule has 0 spiro atoms. The lowest BCUT2D eigenvalue weighted by atomic mass is 10.1. The quantitative estimate of drug-likeness (QED) is 0.857. The summed E-state index contributed by atoms with van der Waals surface area (Å²) in [6.07, 6.45) is 3.15. The number of ether oxygens (including phenoxy) is 2. The summed E-state index contributed by atoms with van der Waals surface area (Å²) in [5, 5.41) is 2.71. The van der Waals surface area contributed by atoms with Crippen molar-refractivity contribution < 1.29 is 23.0 Å². The van der Waals surface area contributed by atoms with Gasteiger partial charge in [0.1, 0.15) is 11.6 Å². The maximum Gasteiger partial charge on any atom is 0.244 e. The van der Waals surface area contributed by atoms with E-state index >= 15 is 0 Å². The van der Waals surface area contributed by atoms with Gasteiger partial charge in [-0.3, -0.25) is 4.79 Å². The Labute approximate surface area is 137 Å². The van der Waals surface area contributed by atoms with E-state index in [0.29, 0.717) is 24.5 Å². The fourth-order valence-electron chi connectivity index (χ4n) is 2.29. The average molecular weight is 331 g/mol. The van der Waals surface area contributed by atoms with Crippen molar-refractivity contribution in [1.82, 2.24) is 5.32 Å². The third-order valence-corrected chi connectivity index (χ3v) is 3.53. The minimum Gasteiger partial charge on any atom is -0.454 e. The molecular weight excluding hydrogens is 316 g/mol. The Balaban J connectivity index is 1.49. The van der Waals surface area contributed by atoms with E-state index in [1.165, 1.54) is 18.2 Å². The van der Waals surface area contributed by atoms with Gasteiger partial charge in [-0.2, -0.15) is 0 Å². The second kappa shape index (κ2) is 7.12. The molecule has 0 aromatic heterocycles. The van der Waals surface area contributed by atoms with Crippen molar-refractivity contribution >= 4 is 12.0 Å². The standard InChI is InChI=1S/C18H15F2NO3/c19-14-4-2-13(15(20)10-14)3-6-18(22)21-8-7-12-1-5-16-17(9-12)24-11-23-16/h1-6,9-10H,7-8,11H2,(H,21,22). The van der Waals surface area contributed by atoms with Crippen LogP contribution in [0.15, 0.2) is 42.5 Å². The number of hydrogen-bond acceptors (Lipinski definition) is 3. The monoisotopic (exact) mass is 331 g/mol.